The molecule has 2 aromatic heterocycles. The van der Waals surface area contributed by atoms with Crippen molar-refractivity contribution in [1.82, 2.24) is 14.6 Å². The Morgan fingerprint density at radius 3 is 2.84 bits per heavy atom. The predicted octanol–water partition coefficient (Wildman–Crippen LogP) is 1.86. The second kappa shape index (κ2) is 4.70. The Morgan fingerprint density at radius 2 is 2.05 bits per heavy atom. The SMILES string of the molecule is COc1ccccc1-c1ccc2nc(CN)cn2n1. The van der Waals surface area contributed by atoms with Gasteiger partial charge in [0.05, 0.1) is 24.7 Å². The summed E-state index contributed by atoms with van der Waals surface area (Å²) in [6.07, 6.45) is 1.84. The highest BCUT2D eigenvalue weighted by Gasteiger charge is 2.08. The lowest BCUT2D eigenvalue weighted by Crippen LogP contribution is -1.96. The van der Waals surface area contributed by atoms with Crippen LogP contribution < -0.4 is 10.5 Å². The van der Waals surface area contributed by atoms with Crippen LogP contribution in [0.5, 0.6) is 5.75 Å². The molecule has 96 valence electrons. The third-order valence-corrected chi connectivity index (χ3v) is 2.96. The quantitative estimate of drug-likeness (QED) is 0.774. The topological polar surface area (TPSA) is 65.4 Å². The van der Waals surface area contributed by atoms with Gasteiger partial charge in [-0.2, -0.15) is 5.10 Å². The molecule has 0 atom stereocenters. The van der Waals surface area contributed by atoms with Crippen molar-refractivity contribution in [3.05, 3.63) is 48.3 Å². The number of fused-ring (bicyclic) bond motifs is 1. The van der Waals surface area contributed by atoms with Crippen molar-refractivity contribution in [3.8, 4) is 17.0 Å². The second-order valence-electron chi connectivity index (χ2n) is 4.16. The average molecular weight is 254 g/mol. The van der Waals surface area contributed by atoms with Gasteiger partial charge in [-0.3, -0.25) is 0 Å². The van der Waals surface area contributed by atoms with Crippen LogP contribution >= 0.6 is 0 Å². The maximum atomic E-state index is 5.58. The molecule has 0 amide bonds. The van der Waals surface area contributed by atoms with Crippen molar-refractivity contribution < 1.29 is 4.74 Å². The Kier molecular flexibility index (Phi) is 2.89. The molecular formula is C14H14N4O. The van der Waals surface area contributed by atoms with Crippen LogP contribution in [-0.4, -0.2) is 21.7 Å². The molecule has 1 aromatic carbocycles. The van der Waals surface area contributed by atoms with Gasteiger partial charge in [0.15, 0.2) is 5.65 Å². The highest BCUT2D eigenvalue weighted by molar-refractivity contribution is 5.67. The first kappa shape index (κ1) is 11.7. The fourth-order valence-electron chi connectivity index (χ4n) is 2.03. The van der Waals surface area contributed by atoms with Crippen LogP contribution in [0.3, 0.4) is 0 Å². The van der Waals surface area contributed by atoms with Gasteiger partial charge < -0.3 is 10.5 Å². The number of ether oxygens (including phenoxy) is 1. The van der Waals surface area contributed by atoms with E-state index in [-0.39, 0.29) is 0 Å². The number of hydrogen-bond acceptors (Lipinski definition) is 4. The zero-order valence-electron chi connectivity index (χ0n) is 10.6. The molecule has 0 radical (unpaired) electrons. The van der Waals surface area contributed by atoms with Crippen molar-refractivity contribution in [2.75, 3.05) is 7.11 Å². The van der Waals surface area contributed by atoms with E-state index in [1.165, 1.54) is 0 Å². The number of benzene rings is 1. The summed E-state index contributed by atoms with van der Waals surface area (Å²) in [7, 11) is 1.65. The third-order valence-electron chi connectivity index (χ3n) is 2.96. The van der Waals surface area contributed by atoms with E-state index in [2.05, 4.69) is 10.1 Å². The highest BCUT2D eigenvalue weighted by Crippen LogP contribution is 2.27. The van der Waals surface area contributed by atoms with Crippen LogP contribution in [-0.2, 0) is 6.54 Å². The molecule has 0 unspecified atom stereocenters. The zero-order valence-corrected chi connectivity index (χ0v) is 10.6. The van der Waals surface area contributed by atoms with Crippen LogP contribution in [0.4, 0.5) is 0 Å². The molecule has 3 rings (SSSR count). The lowest BCUT2D eigenvalue weighted by atomic mass is 10.1. The fraction of sp³-hybridized carbons (Fsp3) is 0.143. The van der Waals surface area contributed by atoms with Crippen molar-refractivity contribution in [3.63, 3.8) is 0 Å². The van der Waals surface area contributed by atoms with Crippen molar-refractivity contribution in [2.24, 2.45) is 5.73 Å². The Labute approximate surface area is 110 Å². The molecule has 2 heterocycles. The zero-order chi connectivity index (χ0) is 13.2. The lowest BCUT2D eigenvalue weighted by molar-refractivity contribution is 0.416. The van der Waals surface area contributed by atoms with E-state index in [4.69, 9.17) is 10.5 Å². The second-order valence-corrected chi connectivity index (χ2v) is 4.16. The molecular weight excluding hydrogens is 240 g/mol. The summed E-state index contributed by atoms with van der Waals surface area (Å²) in [5.74, 6) is 0.800. The third kappa shape index (κ3) is 2.04. The summed E-state index contributed by atoms with van der Waals surface area (Å²) >= 11 is 0. The van der Waals surface area contributed by atoms with Gasteiger partial charge in [0.2, 0.25) is 0 Å². The maximum absolute atomic E-state index is 5.58. The van der Waals surface area contributed by atoms with E-state index < -0.39 is 0 Å². The first-order chi connectivity index (χ1) is 9.31. The van der Waals surface area contributed by atoms with Crippen LogP contribution in [0.15, 0.2) is 42.6 Å². The molecule has 2 N–H and O–H groups in total. The van der Waals surface area contributed by atoms with Gasteiger partial charge in [-0.05, 0) is 24.3 Å². The minimum atomic E-state index is 0.410. The molecule has 0 aliphatic heterocycles. The summed E-state index contributed by atoms with van der Waals surface area (Å²) in [6, 6.07) is 11.6. The van der Waals surface area contributed by atoms with Crippen molar-refractivity contribution in [2.45, 2.75) is 6.54 Å². The molecule has 19 heavy (non-hydrogen) atoms. The van der Waals surface area contributed by atoms with Gasteiger partial charge >= 0.3 is 0 Å². The Morgan fingerprint density at radius 1 is 1.21 bits per heavy atom. The van der Waals surface area contributed by atoms with E-state index in [0.29, 0.717) is 6.54 Å². The number of hydrogen-bond donors (Lipinski definition) is 1. The molecule has 0 saturated heterocycles. The Bertz CT molecular complexity index is 720. The van der Waals surface area contributed by atoms with Gasteiger partial charge in [-0.15, -0.1) is 0 Å². The molecule has 3 aromatic rings. The van der Waals surface area contributed by atoms with Gasteiger partial charge in [-0.1, -0.05) is 12.1 Å². The van der Waals surface area contributed by atoms with E-state index in [0.717, 1.165) is 28.3 Å². The van der Waals surface area contributed by atoms with E-state index in [9.17, 15) is 0 Å². The van der Waals surface area contributed by atoms with Crippen molar-refractivity contribution in [1.29, 1.82) is 0 Å². The van der Waals surface area contributed by atoms with Crippen LogP contribution in [0.2, 0.25) is 0 Å². The monoisotopic (exact) mass is 254 g/mol. The summed E-state index contributed by atoms with van der Waals surface area (Å²) in [5.41, 5.74) is 8.99. The molecule has 0 bridgehead atoms. The molecule has 0 fully saturated rings. The van der Waals surface area contributed by atoms with Crippen molar-refractivity contribution >= 4 is 5.65 Å². The highest BCUT2D eigenvalue weighted by atomic mass is 16.5. The molecule has 0 spiro atoms. The number of rotatable bonds is 3. The minimum Gasteiger partial charge on any atom is -0.496 e. The first-order valence-electron chi connectivity index (χ1n) is 6.00. The minimum absolute atomic E-state index is 0.410. The van der Waals surface area contributed by atoms with Crippen LogP contribution in [0.25, 0.3) is 16.9 Å². The number of nitrogens with zero attached hydrogens (tertiary/aromatic N) is 3. The number of imidazole rings is 1. The molecule has 5 heteroatoms. The largest absolute Gasteiger partial charge is 0.496 e. The summed E-state index contributed by atoms with van der Waals surface area (Å²) in [5, 5.41) is 4.54. The van der Waals surface area contributed by atoms with Gasteiger partial charge in [-0.25, -0.2) is 9.50 Å². The lowest BCUT2D eigenvalue weighted by Gasteiger charge is -2.07. The number of aromatic nitrogens is 3. The smallest absolute Gasteiger partial charge is 0.153 e. The summed E-state index contributed by atoms with van der Waals surface area (Å²) < 4.78 is 7.09. The van der Waals surface area contributed by atoms with E-state index in [1.807, 2.05) is 42.6 Å². The maximum Gasteiger partial charge on any atom is 0.153 e. The Balaban J connectivity index is 2.14. The number of para-hydroxylation sites is 1. The van der Waals surface area contributed by atoms with Gasteiger partial charge in [0.1, 0.15) is 5.75 Å². The van der Waals surface area contributed by atoms with E-state index in [1.54, 1.807) is 11.6 Å². The molecule has 0 saturated carbocycles. The van der Waals surface area contributed by atoms with Crippen LogP contribution in [0.1, 0.15) is 5.69 Å². The van der Waals surface area contributed by atoms with Gasteiger partial charge in [0, 0.05) is 12.1 Å². The average Bonchev–Trinajstić information content (AvgIpc) is 2.89. The number of nitrogens with two attached hydrogens (primary N) is 1. The normalized spacial score (nSPS) is 10.8. The van der Waals surface area contributed by atoms with Gasteiger partial charge in [0.25, 0.3) is 0 Å². The first-order valence-corrected chi connectivity index (χ1v) is 6.00. The van der Waals surface area contributed by atoms with E-state index >= 15 is 0 Å². The fourth-order valence-corrected chi connectivity index (χ4v) is 2.03. The predicted molar refractivity (Wildman–Crippen MR) is 72.9 cm³/mol. The Hall–Kier alpha value is -2.40. The summed E-state index contributed by atoms with van der Waals surface area (Å²) in [4.78, 5) is 4.35. The molecule has 0 aliphatic rings. The standard InChI is InChI=1S/C14H14N4O/c1-19-13-5-3-2-4-11(13)12-6-7-14-16-10(8-15)9-18(14)17-12/h2-7,9H,8,15H2,1H3. The van der Waals surface area contributed by atoms with Crippen LogP contribution in [0, 0.1) is 0 Å². The summed E-state index contributed by atoms with van der Waals surface area (Å²) in [6.45, 7) is 0.410. The number of methoxy groups -OCH3 is 1. The molecule has 5 nitrogen and oxygen atoms in total. The molecule has 0 aliphatic carbocycles.